The topological polar surface area (TPSA) is 123 Å². The predicted molar refractivity (Wildman–Crippen MR) is 127 cm³/mol. The molecule has 0 aliphatic rings. The van der Waals surface area contributed by atoms with E-state index in [0.29, 0.717) is 17.8 Å². The Bertz CT molecular complexity index is 1290. The molecule has 0 saturated heterocycles. The van der Waals surface area contributed by atoms with Gasteiger partial charge in [0.2, 0.25) is 10.0 Å². The number of aryl methyl sites for hydroxylation is 1. The Balaban J connectivity index is 1.76. The minimum absolute atomic E-state index is 0.00777. The number of sulfonamides is 1. The first-order chi connectivity index (χ1) is 15.9. The molecule has 9 heteroatoms. The average Bonchev–Trinajstić information content (AvgIpc) is 3.17. The van der Waals surface area contributed by atoms with Crippen molar-refractivity contribution in [2.75, 3.05) is 7.11 Å². The van der Waals surface area contributed by atoms with Crippen LogP contribution in [0.1, 0.15) is 44.1 Å². The molecular formula is C25H29NO7S. The number of hydrogen-bond donors (Lipinski definition) is 2. The Morgan fingerprint density at radius 3 is 2.35 bits per heavy atom. The molecular weight excluding hydrogens is 458 g/mol. The van der Waals surface area contributed by atoms with Gasteiger partial charge in [-0.15, -0.1) is 0 Å². The van der Waals surface area contributed by atoms with E-state index in [2.05, 4.69) is 9.46 Å². The van der Waals surface area contributed by atoms with Gasteiger partial charge in [0.25, 0.3) is 0 Å². The largest absolute Gasteiger partial charge is 0.480 e. The summed E-state index contributed by atoms with van der Waals surface area (Å²) in [5, 5.41) is 10.4. The minimum Gasteiger partial charge on any atom is -0.480 e. The highest BCUT2D eigenvalue weighted by Gasteiger charge is 2.27. The molecule has 3 aromatic rings. The second-order valence-electron chi connectivity index (χ2n) is 9.15. The number of carboxylic acid groups (broad SMARTS) is 1. The van der Waals surface area contributed by atoms with E-state index in [9.17, 15) is 23.1 Å². The molecule has 0 bridgehead atoms. The summed E-state index contributed by atoms with van der Waals surface area (Å²) in [7, 11) is -2.72. The van der Waals surface area contributed by atoms with Crippen molar-refractivity contribution in [1.29, 1.82) is 0 Å². The van der Waals surface area contributed by atoms with Crippen LogP contribution in [0.5, 0.6) is 0 Å². The molecule has 2 N–H and O–H groups in total. The molecule has 3 rings (SSSR count). The van der Waals surface area contributed by atoms with Crippen LogP contribution in [0.3, 0.4) is 0 Å². The van der Waals surface area contributed by atoms with Gasteiger partial charge in [0, 0.05) is 18.2 Å². The van der Waals surface area contributed by atoms with Crippen LogP contribution < -0.4 is 4.72 Å². The van der Waals surface area contributed by atoms with Gasteiger partial charge >= 0.3 is 11.9 Å². The second kappa shape index (κ2) is 9.99. The lowest BCUT2D eigenvalue weighted by atomic mass is 9.87. The van der Waals surface area contributed by atoms with E-state index in [1.54, 1.807) is 24.3 Å². The molecule has 2 aromatic carbocycles. The zero-order valence-corrected chi connectivity index (χ0v) is 20.4. The monoisotopic (exact) mass is 487 g/mol. The first-order valence-electron chi connectivity index (χ1n) is 10.8. The van der Waals surface area contributed by atoms with Gasteiger partial charge in [0.05, 0.1) is 12.0 Å². The van der Waals surface area contributed by atoms with Crippen molar-refractivity contribution in [1.82, 2.24) is 4.72 Å². The van der Waals surface area contributed by atoms with E-state index in [0.717, 1.165) is 16.5 Å². The molecule has 0 saturated carbocycles. The molecule has 1 heterocycles. The number of carboxylic acids is 1. The van der Waals surface area contributed by atoms with Gasteiger partial charge in [0.1, 0.15) is 17.4 Å². The fraction of sp³-hybridized carbons (Fsp3) is 0.360. The third kappa shape index (κ3) is 6.24. The Kier molecular flexibility index (Phi) is 7.48. The fourth-order valence-corrected chi connectivity index (χ4v) is 4.71. The number of rotatable bonds is 9. The Morgan fingerprint density at radius 1 is 1.09 bits per heavy atom. The van der Waals surface area contributed by atoms with Gasteiger partial charge < -0.3 is 14.3 Å². The maximum atomic E-state index is 12.8. The molecule has 0 aliphatic heterocycles. The number of hydrogen-bond acceptors (Lipinski definition) is 6. The van der Waals surface area contributed by atoms with Crippen molar-refractivity contribution < 1.29 is 32.3 Å². The number of furan rings is 1. The zero-order chi connectivity index (χ0) is 25.1. The van der Waals surface area contributed by atoms with E-state index < -0.39 is 22.0 Å². The van der Waals surface area contributed by atoms with Crippen molar-refractivity contribution >= 4 is 32.9 Å². The van der Waals surface area contributed by atoms with Crippen LogP contribution in [0.2, 0.25) is 0 Å². The Labute approximate surface area is 199 Å². The molecule has 0 fully saturated rings. The van der Waals surface area contributed by atoms with Crippen LogP contribution in [-0.4, -0.2) is 38.6 Å². The number of nitrogens with one attached hydrogen (secondary N) is 1. The highest BCUT2D eigenvalue weighted by atomic mass is 32.2. The molecule has 0 aliphatic carbocycles. The summed E-state index contributed by atoms with van der Waals surface area (Å²) >= 11 is 0. The first kappa shape index (κ1) is 25.5. The van der Waals surface area contributed by atoms with Crippen LogP contribution in [0, 0.1) is 0 Å². The van der Waals surface area contributed by atoms with Crippen molar-refractivity contribution in [3.05, 3.63) is 65.4 Å². The molecule has 1 atom stereocenters. The average molecular weight is 488 g/mol. The summed E-state index contributed by atoms with van der Waals surface area (Å²) in [6.07, 6.45) is 0.571. The van der Waals surface area contributed by atoms with Gasteiger partial charge in [-0.3, -0.25) is 9.59 Å². The van der Waals surface area contributed by atoms with E-state index in [4.69, 9.17) is 4.42 Å². The summed E-state index contributed by atoms with van der Waals surface area (Å²) in [4.78, 5) is 23.2. The maximum absolute atomic E-state index is 12.8. The minimum atomic E-state index is -4.06. The predicted octanol–water partition coefficient (Wildman–Crippen LogP) is 3.81. The summed E-state index contributed by atoms with van der Waals surface area (Å²) in [5.74, 6) is -1.29. The third-order valence-electron chi connectivity index (χ3n) is 5.51. The van der Waals surface area contributed by atoms with E-state index >= 15 is 0 Å². The molecule has 0 amide bonds. The summed E-state index contributed by atoms with van der Waals surface area (Å²) in [6, 6.07) is 12.1. The SMILES string of the molecule is COC(=O)CCc1ccc2oc(CC(NS(=O)(=O)c3ccc(C(C)(C)C)cc3)C(=O)O)cc2c1. The third-order valence-corrected chi connectivity index (χ3v) is 7.00. The van der Waals surface area contributed by atoms with Crippen LogP contribution in [0.25, 0.3) is 11.0 Å². The molecule has 0 spiro atoms. The molecule has 8 nitrogen and oxygen atoms in total. The van der Waals surface area contributed by atoms with E-state index in [1.165, 1.54) is 19.2 Å². The molecule has 182 valence electrons. The summed E-state index contributed by atoms with van der Waals surface area (Å²) in [5.41, 5.74) is 2.27. The van der Waals surface area contributed by atoms with Crippen LogP contribution in [-0.2, 0) is 42.6 Å². The fourth-order valence-electron chi connectivity index (χ4n) is 3.52. The molecule has 0 radical (unpaired) electrons. The quantitative estimate of drug-likeness (QED) is 0.440. The lowest BCUT2D eigenvalue weighted by Gasteiger charge is -2.19. The van der Waals surface area contributed by atoms with Crippen LogP contribution in [0.4, 0.5) is 0 Å². The summed E-state index contributed by atoms with van der Waals surface area (Å²) < 4.78 is 38.3. The highest BCUT2D eigenvalue weighted by molar-refractivity contribution is 7.89. The number of esters is 1. The molecule has 34 heavy (non-hydrogen) atoms. The number of carbonyl (C=O) groups excluding carboxylic acids is 1. The van der Waals surface area contributed by atoms with Crippen LogP contribution in [0.15, 0.2) is 57.8 Å². The van der Waals surface area contributed by atoms with Crippen LogP contribution >= 0.6 is 0 Å². The van der Waals surface area contributed by atoms with Gasteiger partial charge in [-0.25, -0.2) is 8.42 Å². The lowest BCUT2D eigenvalue weighted by Crippen LogP contribution is -2.42. The van der Waals surface area contributed by atoms with Gasteiger partial charge in [-0.2, -0.15) is 4.72 Å². The lowest BCUT2D eigenvalue weighted by molar-refractivity contribution is -0.141. The summed E-state index contributed by atoms with van der Waals surface area (Å²) in [6.45, 7) is 6.06. The van der Waals surface area contributed by atoms with Gasteiger partial charge in [-0.1, -0.05) is 39.0 Å². The number of carbonyl (C=O) groups is 2. The number of ether oxygens (including phenoxy) is 1. The van der Waals surface area contributed by atoms with Gasteiger partial charge in [0.15, 0.2) is 0 Å². The number of fused-ring (bicyclic) bond motifs is 1. The number of methoxy groups -OCH3 is 1. The van der Waals surface area contributed by atoms with Crippen molar-refractivity contribution in [3.63, 3.8) is 0 Å². The van der Waals surface area contributed by atoms with E-state index in [1.807, 2.05) is 32.9 Å². The molecule has 1 unspecified atom stereocenters. The standard InChI is InChI=1S/C25H29NO7S/c1-25(2,3)18-7-9-20(10-8-18)34(30,31)26-21(24(28)29)15-19-14-17-13-16(5-11-22(17)33-19)6-12-23(27)32-4/h5,7-11,13-14,21,26H,6,12,15H2,1-4H3,(H,28,29). The normalized spacial score (nSPS) is 13.1. The Morgan fingerprint density at radius 2 is 1.76 bits per heavy atom. The number of aliphatic carboxylic acids is 1. The Hall–Kier alpha value is -3.17. The smallest absolute Gasteiger partial charge is 0.322 e. The zero-order valence-electron chi connectivity index (χ0n) is 19.6. The number of benzene rings is 2. The van der Waals surface area contributed by atoms with Crippen molar-refractivity contribution in [2.45, 2.75) is 56.4 Å². The maximum Gasteiger partial charge on any atom is 0.322 e. The van der Waals surface area contributed by atoms with Crippen molar-refractivity contribution in [2.24, 2.45) is 0 Å². The van der Waals surface area contributed by atoms with Crippen molar-refractivity contribution in [3.8, 4) is 0 Å². The second-order valence-corrected chi connectivity index (χ2v) is 10.9. The first-order valence-corrected chi connectivity index (χ1v) is 12.3. The van der Waals surface area contributed by atoms with Gasteiger partial charge in [-0.05, 0) is 53.3 Å². The highest BCUT2D eigenvalue weighted by Crippen LogP contribution is 2.25. The van der Waals surface area contributed by atoms with E-state index in [-0.39, 0.29) is 29.1 Å². The molecule has 1 aromatic heterocycles.